The van der Waals surface area contributed by atoms with Crippen LogP contribution < -0.4 is 0 Å². The molecule has 18 heavy (non-hydrogen) atoms. The Kier molecular flexibility index (Phi) is 1.87. The maximum atomic E-state index is 11.8. The monoisotopic (exact) mass is 244 g/mol. The summed E-state index contributed by atoms with van der Waals surface area (Å²) < 4.78 is 0. The zero-order valence-electron chi connectivity index (χ0n) is 9.34. The number of imide groups is 1. The molecule has 0 radical (unpaired) electrons. The third-order valence-electron chi connectivity index (χ3n) is 3.05. The van der Waals surface area contributed by atoms with E-state index in [1.807, 2.05) is 0 Å². The number of aromatic hydroxyl groups is 2. The summed E-state index contributed by atoms with van der Waals surface area (Å²) in [6.07, 6.45) is 1.43. The Morgan fingerprint density at radius 3 is 2.39 bits per heavy atom. The van der Waals surface area contributed by atoms with Crippen molar-refractivity contribution in [1.82, 2.24) is 9.88 Å². The lowest BCUT2D eigenvalue weighted by atomic mass is 10.0. The summed E-state index contributed by atoms with van der Waals surface area (Å²) in [6.45, 7) is 0. The highest BCUT2D eigenvalue weighted by atomic mass is 16.3. The highest BCUT2D eigenvalue weighted by Gasteiger charge is 2.39. The van der Waals surface area contributed by atoms with E-state index in [2.05, 4.69) is 4.98 Å². The number of aromatic nitrogens is 1. The third kappa shape index (κ3) is 1.04. The number of fused-ring (bicyclic) bond motifs is 2. The van der Waals surface area contributed by atoms with Gasteiger partial charge in [0.25, 0.3) is 11.8 Å². The molecule has 0 fully saturated rings. The molecule has 2 N–H and O–H groups in total. The molecule has 2 heterocycles. The molecule has 6 heteroatoms. The minimum Gasteiger partial charge on any atom is -0.506 e. The Hall–Kier alpha value is -2.63. The number of phenolic OH excluding ortho intramolecular Hbond substituents is 2. The predicted octanol–water partition coefficient (Wildman–Crippen LogP) is 0.872. The number of nitrogens with zero attached hydrogens (tertiary/aromatic N) is 2. The third-order valence-corrected chi connectivity index (χ3v) is 3.05. The van der Waals surface area contributed by atoms with Gasteiger partial charge in [0.1, 0.15) is 16.8 Å². The van der Waals surface area contributed by atoms with E-state index >= 15 is 0 Å². The van der Waals surface area contributed by atoms with Crippen molar-refractivity contribution in [3.63, 3.8) is 0 Å². The minimum absolute atomic E-state index is 0.102. The van der Waals surface area contributed by atoms with Gasteiger partial charge in [-0.2, -0.15) is 0 Å². The van der Waals surface area contributed by atoms with Gasteiger partial charge in [0.2, 0.25) is 0 Å². The topological polar surface area (TPSA) is 90.7 Å². The SMILES string of the molecule is CN1C(=O)c2c(c(O)c3ncccc3c2O)C1=O. The molecule has 0 unspecified atom stereocenters. The quantitative estimate of drug-likeness (QED) is 0.530. The molecular formula is C12H8N2O4. The van der Waals surface area contributed by atoms with Crippen molar-refractivity contribution in [3.05, 3.63) is 29.5 Å². The number of rotatable bonds is 0. The molecule has 1 aromatic heterocycles. The molecule has 0 saturated heterocycles. The average molecular weight is 244 g/mol. The van der Waals surface area contributed by atoms with Crippen molar-refractivity contribution in [2.75, 3.05) is 7.05 Å². The fourth-order valence-electron chi connectivity index (χ4n) is 2.12. The molecular weight excluding hydrogens is 236 g/mol. The number of hydrogen-bond donors (Lipinski definition) is 2. The Labute approximate surface area is 101 Å². The summed E-state index contributed by atoms with van der Waals surface area (Å²) in [6, 6.07) is 3.09. The van der Waals surface area contributed by atoms with Crippen molar-refractivity contribution in [2.45, 2.75) is 0 Å². The van der Waals surface area contributed by atoms with Crippen LogP contribution in [-0.4, -0.2) is 39.0 Å². The van der Waals surface area contributed by atoms with Gasteiger partial charge in [0.15, 0.2) is 5.75 Å². The number of pyridine rings is 1. The highest BCUT2D eigenvalue weighted by Crippen LogP contribution is 2.42. The lowest BCUT2D eigenvalue weighted by Crippen LogP contribution is -2.24. The van der Waals surface area contributed by atoms with Crippen LogP contribution in [0.4, 0.5) is 0 Å². The van der Waals surface area contributed by atoms with E-state index in [9.17, 15) is 19.8 Å². The van der Waals surface area contributed by atoms with Crippen molar-refractivity contribution in [3.8, 4) is 11.5 Å². The van der Waals surface area contributed by atoms with E-state index in [0.29, 0.717) is 0 Å². The lowest BCUT2D eigenvalue weighted by Gasteiger charge is -2.06. The van der Waals surface area contributed by atoms with Crippen molar-refractivity contribution >= 4 is 22.7 Å². The molecule has 0 saturated carbocycles. The number of carbonyl (C=O) groups excluding carboxylic acids is 2. The smallest absolute Gasteiger partial charge is 0.265 e. The van der Waals surface area contributed by atoms with Gasteiger partial charge in [-0.3, -0.25) is 19.5 Å². The first-order chi connectivity index (χ1) is 8.54. The Balaban J connectivity index is 2.55. The van der Waals surface area contributed by atoms with Crippen LogP contribution in [0.3, 0.4) is 0 Å². The largest absolute Gasteiger partial charge is 0.506 e. The average Bonchev–Trinajstić information content (AvgIpc) is 2.61. The summed E-state index contributed by atoms with van der Waals surface area (Å²) in [5.74, 6) is -1.97. The molecule has 90 valence electrons. The zero-order valence-corrected chi connectivity index (χ0v) is 9.34. The van der Waals surface area contributed by atoms with E-state index in [1.165, 1.54) is 19.3 Å². The van der Waals surface area contributed by atoms with Crippen LogP contribution >= 0.6 is 0 Å². The maximum absolute atomic E-state index is 11.8. The van der Waals surface area contributed by atoms with Gasteiger partial charge in [-0.1, -0.05) is 0 Å². The summed E-state index contributed by atoms with van der Waals surface area (Å²) >= 11 is 0. The first-order valence-electron chi connectivity index (χ1n) is 5.19. The van der Waals surface area contributed by atoms with Crippen LogP contribution in [0.1, 0.15) is 20.7 Å². The van der Waals surface area contributed by atoms with E-state index < -0.39 is 11.8 Å². The van der Waals surface area contributed by atoms with Crippen LogP contribution in [0, 0.1) is 0 Å². The molecule has 6 nitrogen and oxygen atoms in total. The normalized spacial score (nSPS) is 14.4. The van der Waals surface area contributed by atoms with Gasteiger partial charge in [0, 0.05) is 18.6 Å². The molecule has 1 aliphatic heterocycles. The highest BCUT2D eigenvalue weighted by molar-refractivity contribution is 6.26. The second-order valence-corrected chi connectivity index (χ2v) is 4.02. The van der Waals surface area contributed by atoms with E-state index in [-0.39, 0.29) is 33.5 Å². The van der Waals surface area contributed by atoms with Crippen LogP contribution in [0.15, 0.2) is 18.3 Å². The Morgan fingerprint density at radius 2 is 1.72 bits per heavy atom. The van der Waals surface area contributed by atoms with Crippen LogP contribution in [0.5, 0.6) is 11.5 Å². The first-order valence-corrected chi connectivity index (χ1v) is 5.19. The lowest BCUT2D eigenvalue weighted by molar-refractivity contribution is 0.0692. The number of benzene rings is 1. The summed E-state index contributed by atoms with van der Waals surface area (Å²) in [4.78, 5) is 28.4. The predicted molar refractivity (Wildman–Crippen MR) is 61.5 cm³/mol. The van der Waals surface area contributed by atoms with E-state index in [1.54, 1.807) is 6.07 Å². The summed E-state index contributed by atoms with van der Waals surface area (Å²) in [5.41, 5.74) is -0.253. The Morgan fingerprint density at radius 1 is 1.11 bits per heavy atom. The molecule has 0 spiro atoms. The van der Waals surface area contributed by atoms with Crippen molar-refractivity contribution < 1.29 is 19.8 Å². The van der Waals surface area contributed by atoms with Crippen LogP contribution in [0.25, 0.3) is 10.9 Å². The van der Waals surface area contributed by atoms with Gasteiger partial charge in [-0.15, -0.1) is 0 Å². The molecule has 2 amide bonds. The number of amides is 2. The minimum atomic E-state index is -0.643. The van der Waals surface area contributed by atoms with E-state index in [4.69, 9.17) is 0 Å². The first kappa shape index (κ1) is 10.5. The van der Waals surface area contributed by atoms with Crippen LogP contribution in [-0.2, 0) is 0 Å². The van der Waals surface area contributed by atoms with Gasteiger partial charge >= 0.3 is 0 Å². The molecule has 0 aliphatic carbocycles. The van der Waals surface area contributed by atoms with Crippen molar-refractivity contribution in [2.24, 2.45) is 0 Å². The van der Waals surface area contributed by atoms with Crippen LogP contribution in [0.2, 0.25) is 0 Å². The standard InChI is InChI=1S/C12H8N2O4/c1-14-11(17)6-7(12(14)18)10(16)8-5(9(6)15)3-2-4-13-8/h2-4,15-16H,1H3. The second kappa shape index (κ2) is 3.19. The molecule has 2 aromatic rings. The molecule has 0 atom stereocenters. The molecule has 0 bridgehead atoms. The Bertz CT molecular complexity index is 663. The summed E-state index contributed by atoms with van der Waals surface area (Å²) in [5, 5.41) is 20.3. The zero-order chi connectivity index (χ0) is 13.0. The van der Waals surface area contributed by atoms with Gasteiger partial charge in [-0.05, 0) is 12.1 Å². The second-order valence-electron chi connectivity index (χ2n) is 4.02. The summed E-state index contributed by atoms with van der Waals surface area (Å²) in [7, 11) is 1.29. The number of hydrogen-bond acceptors (Lipinski definition) is 5. The molecule has 1 aromatic carbocycles. The number of phenols is 2. The van der Waals surface area contributed by atoms with Gasteiger partial charge in [-0.25, -0.2) is 0 Å². The fraction of sp³-hybridized carbons (Fsp3) is 0.0833. The maximum Gasteiger partial charge on any atom is 0.265 e. The van der Waals surface area contributed by atoms with Crippen molar-refractivity contribution in [1.29, 1.82) is 0 Å². The number of carbonyl (C=O) groups is 2. The molecule has 1 aliphatic rings. The molecule has 3 rings (SSSR count). The fourth-order valence-corrected chi connectivity index (χ4v) is 2.12. The van der Waals surface area contributed by atoms with Gasteiger partial charge in [0.05, 0.1) is 5.56 Å². The van der Waals surface area contributed by atoms with E-state index in [0.717, 1.165) is 4.90 Å². The van der Waals surface area contributed by atoms with Gasteiger partial charge < -0.3 is 10.2 Å².